The van der Waals surface area contributed by atoms with Crippen LogP contribution in [0.15, 0.2) is 0 Å². The van der Waals surface area contributed by atoms with Gasteiger partial charge in [-0.2, -0.15) is 0 Å². The Morgan fingerprint density at radius 2 is 1.50 bits per heavy atom. The van der Waals surface area contributed by atoms with Gasteiger partial charge in [0, 0.05) is 12.6 Å². The molecule has 0 aromatic carbocycles. The highest BCUT2D eigenvalue weighted by Gasteiger charge is 2.53. The molecule has 0 spiro atoms. The van der Waals surface area contributed by atoms with Crippen LogP contribution in [-0.2, 0) is 0 Å². The number of aliphatic hydroxyl groups is 1. The highest BCUT2D eigenvalue weighted by Crippen LogP contribution is 2.61. The first-order valence-electron chi connectivity index (χ1n) is 7.87. The molecule has 0 aliphatic heterocycles. The molecule has 2 nitrogen and oxygen atoms in total. The van der Waals surface area contributed by atoms with Crippen molar-refractivity contribution in [1.82, 2.24) is 4.90 Å². The van der Waals surface area contributed by atoms with Crippen molar-refractivity contribution < 1.29 is 5.11 Å². The fourth-order valence-electron chi connectivity index (χ4n) is 5.26. The van der Waals surface area contributed by atoms with E-state index in [4.69, 9.17) is 0 Å². The molecule has 0 saturated heterocycles. The maximum atomic E-state index is 10.8. The van der Waals surface area contributed by atoms with E-state index in [-0.39, 0.29) is 11.5 Å². The molecule has 0 heterocycles. The summed E-state index contributed by atoms with van der Waals surface area (Å²) >= 11 is 0. The lowest BCUT2D eigenvalue weighted by atomic mass is 9.48. The summed E-state index contributed by atoms with van der Waals surface area (Å²) in [5.41, 5.74) is 0.290. The molecule has 0 radical (unpaired) electrons. The van der Waals surface area contributed by atoms with Crippen molar-refractivity contribution in [2.24, 2.45) is 23.2 Å². The zero-order valence-corrected chi connectivity index (χ0v) is 12.2. The lowest BCUT2D eigenvalue weighted by molar-refractivity contribution is -0.126. The minimum Gasteiger partial charge on any atom is -0.391 e. The van der Waals surface area contributed by atoms with Crippen LogP contribution in [0.2, 0.25) is 0 Å². The van der Waals surface area contributed by atoms with Crippen molar-refractivity contribution in [2.45, 2.75) is 64.5 Å². The number of likely N-dealkylation sites (N-methyl/N-ethyl adjacent to an activating group) is 1. The van der Waals surface area contributed by atoms with Gasteiger partial charge >= 0.3 is 0 Å². The standard InChI is InChI=1S/C16H29NO/c1-11(2)17(3)10-15(18)16-7-12-4-13(8-16)6-14(5-12)9-16/h11-15,18H,4-10H2,1-3H3. The average Bonchev–Trinajstić information content (AvgIpc) is 2.26. The van der Waals surface area contributed by atoms with Crippen molar-refractivity contribution in [3.8, 4) is 0 Å². The van der Waals surface area contributed by atoms with Crippen LogP contribution in [0.3, 0.4) is 0 Å². The van der Waals surface area contributed by atoms with Gasteiger partial charge in [0.1, 0.15) is 0 Å². The van der Waals surface area contributed by atoms with Crippen LogP contribution in [-0.4, -0.2) is 35.7 Å². The van der Waals surface area contributed by atoms with Gasteiger partial charge < -0.3 is 10.0 Å². The Labute approximate surface area is 112 Å². The van der Waals surface area contributed by atoms with E-state index in [1.165, 1.54) is 38.5 Å². The highest BCUT2D eigenvalue weighted by atomic mass is 16.3. The third-order valence-electron chi connectivity index (χ3n) is 6.13. The first-order valence-corrected chi connectivity index (χ1v) is 7.87. The molecule has 0 aromatic heterocycles. The molecule has 4 rings (SSSR count). The number of hydrogen-bond acceptors (Lipinski definition) is 2. The van der Waals surface area contributed by atoms with Crippen molar-refractivity contribution in [1.29, 1.82) is 0 Å². The predicted molar refractivity (Wildman–Crippen MR) is 74.4 cm³/mol. The Hall–Kier alpha value is -0.0800. The molecule has 4 aliphatic rings. The summed E-state index contributed by atoms with van der Waals surface area (Å²) in [6.07, 6.45) is 8.23. The molecular formula is C16H29NO. The van der Waals surface area contributed by atoms with Gasteiger partial charge in [0.05, 0.1) is 6.10 Å². The Morgan fingerprint density at radius 3 is 1.89 bits per heavy atom. The lowest BCUT2D eigenvalue weighted by Gasteiger charge is -2.58. The fraction of sp³-hybridized carbons (Fsp3) is 1.00. The first-order chi connectivity index (χ1) is 8.48. The molecule has 0 amide bonds. The molecule has 2 heteroatoms. The fourth-order valence-corrected chi connectivity index (χ4v) is 5.26. The summed E-state index contributed by atoms with van der Waals surface area (Å²) in [6.45, 7) is 5.29. The minimum atomic E-state index is -0.0988. The summed E-state index contributed by atoms with van der Waals surface area (Å²) in [6, 6.07) is 0.536. The van der Waals surface area contributed by atoms with Gasteiger partial charge in [0.2, 0.25) is 0 Å². The van der Waals surface area contributed by atoms with E-state index in [2.05, 4.69) is 25.8 Å². The molecule has 1 atom stereocenters. The van der Waals surface area contributed by atoms with E-state index >= 15 is 0 Å². The molecule has 104 valence electrons. The first kappa shape index (κ1) is 12.9. The molecule has 1 unspecified atom stereocenters. The van der Waals surface area contributed by atoms with Gasteiger partial charge in [-0.15, -0.1) is 0 Å². The van der Waals surface area contributed by atoms with Crippen LogP contribution in [0.5, 0.6) is 0 Å². The van der Waals surface area contributed by atoms with Gasteiger partial charge in [-0.3, -0.25) is 0 Å². The highest BCUT2D eigenvalue weighted by molar-refractivity contribution is 5.04. The largest absolute Gasteiger partial charge is 0.391 e. The smallest absolute Gasteiger partial charge is 0.0723 e. The van der Waals surface area contributed by atoms with Crippen LogP contribution in [0.1, 0.15) is 52.4 Å². The van der Waals surface area contributed by atoms with Crippen molar-refractivity contribution in [2.75, 3.05) is 13.6 Å². The van der Waals surface area contributed by atoms with Gasteiger partial charge in [0.25, 0.3) is 0 Å². The van der Waals surface area contributed by atoms with Crippen molar-refractivity contribution >= 4 is 0 Å². The molecule has 4 aliphatic carbocycles. The van der Waals surface area contributed by atoms with Gasteiger partial charge in [0.15, 0.2) is 0 Å². The monoisotopic (exact) mass is 251 g/mol. The van der Waals surface area contributed by atoms with E-state index in [1.54, 1.807) is 0 Å². The Bertz CT molecular complexity index is 277. The van der Waals surface area contributed by atoms with Crippen LogP contribution in [0.25, 0.3) is 0 Å². The lowest BCUT2D eigenvalue weighted by Crippen LogP contribution is -2.54. The van der Waals surface area contributed by atoms with Crippen molar-refractivity contribution in [3.63, 3.8) is 0 Å². The Kier molecular flexibility index (Phi) is 3.22. The maximum absolute atomic E-state index is 10.8. The third kappa shape index (κ3) is 2.12. The second-order valence-electron chi connectivity index (χ2n) is 7.83. The summed E-state index contributed by atoms with van der Waals surface area (Å²) in [5, 5.41) is 10.8. The van der Waals surface area contributed by atoms with Crippen LogP contribution in [0.4, 0.5) is 0 Å². The van der Waals surface area contributed by atoms with E-state index in [9.17, 15) is 5.11 Å². The van der Waals surface area contributed by atoms with E-state index in [0.29, 0.717) is 6.04 Å². The molecule has 18 heavy (non-hydrogen) atoms. The summed E-state index contributed by atoms with van der Waals surface area (Å²) < 4.78 is 0. The van der Waals surface area contributed by atoms with E-state index < -0.39 is 0 Å². The maximum Gasteiger partial charge on any atom is 0.0723 e. The van der Waals surface area contributed by atoms with Crippen LogP contribution in [0, 0.1) is 23.2 Å². The molecule has 4 bridgehead atoms. The van der Waals surface area contributed by atoms with Crippen LogP contribution >= 0.6 is 0 Å². The van der Waals surface area contributed by atoms with E-state index in [1.807, 2.05) is 0 Å². The Balaban J connectivity index is 1.71. The Morgan fingerprint density at radius 1 is 1.06 bits per heavy atom. The number of hydrogen-bond donors (Lipinski definition) is 1. The summed E-state index contributed by atoms with van der Waals surface area (Å²) in [4.78, 5) is 2.31. The average molecular weight is 251 g/mol. The molecule has 4 saturated carbocycles. The third-order valence-corrected chi connectivity index (χ3v) is 6.13. The SMILES string of the molecule is CC(C)N(C)CC(O)C12CC3CC(CC(C3)C1)C2. The molecule has 1 N–H and O–H groups in total. The quantitative estimate of drug-likeness (QED) is 0.830. The predicted octanol–water partition coefficient (Wildman–Crippen LogP) is 2.90. The zero-order chi connectivity index (χ0) is 12.9. The minimum absolute atomic E-state index is 0.0988. The second kappa shape index (κ2) is 4.49. The molecule has 4 fully saturated rings. The van der Waals surface area contributed by atoms with Crippen LogP contribution < -0.4 is 0 Å². The number of rotatable bonds is 4. The zero-order valence-electron chi connectivity index (χ0n) is 12.2. The number of aliphatic hydroxyl groups excluding tert-OH is 1. The normalized spacial score (nSPS) is 44.0. The number of nitrogens with zero attached hydrogens (tertiary/aromatic N) is 1. The van der Waals surface area contributed by atoms with Gasteiger partial charge in [-0.25, -0.2) is 0 Å². The van der Waals surface area contributed by atoms with Gasteiger partial charge in [-0.1, -0.05) is 0 Å². The molecular weight excluding hydrogens is 222 g/mol. The van der Waals surface area contributed by atoms with Crippen molar-refractivity contribution in [3.05, 3.63) is 0 Å². The second-order valence-corrected chi connectivity index (χ2v) is 7.83. The summed E-state index contributed by atoms with van der Waals surface area (Å²) in [7, 11) is 2.15. The molecule has 0 aromatic rings. The van der Waals surface area contributed by atoms with Gasteiger partial charge in [-0.05, 0) is 82.6 Å². The summed E-state index contributed by atoms with van der Waals surface area (Å²) in [5.74, 6) is 2.82. The van der Waals surface area contributed by atoms with E-state index in [0.717, 1.165) is 24.3 Å². The topological polar surface area (TPSA) is 23.5 Å².